The van der Waals surface area contributed by atoms with Crippen molar-refractivity contribution < 1.29 is 0 Å². The van der Waals surface area contributed by atoms with Crippen molar-refractivity contribution in [3.05, 3.63) is 97.2 Å². The van der Waals surface area contributed by atoms with Crippen LogP contribution in [0.2, 0.25) is 0 Å². The van der Waals surface area contributed by atoms with Crippen molar-refractivity contribution in [3.8, 4) is 5.69 Å². The van der Waals surface area contributed by atoms with Crippen LogP contribution in [0.1, 0.15) is 0 Å². The minimum atomic E-state index is 1.07. The smallest absolute Gasteiger partial charge is 0.0748 e. The first-order valence-electron chi connectivity index (χ1n) is 10.2. The summed E-state index contributed by atoms with van der Waals surface area (Å²) in [6, 6.07) is 32.0. The van der Waals surface area contributed by atoms with Gasteiger partial charge in [0.05, 0.1) is 22.9 Å². The Labute approximate surface area is 172 Å². The zero-order valence-corrected chi connectivity index (χ0v) is 16.1. The molecule has 0 bridgehead atoms. The molecule has 3 heteroatoms. The van der Waals surface area contributed by atoms with E-state index in [-0.39, 0.29) is 0 Å². The molecule has 1 N–H and O–H groups in total. The van der Waals surface area contributed by atoms with Crippen LogP contribution in [0.4, 0.5) is 0 Å². The molecular weight excluding hydrogens is 366 g/mol. The van der Waals surface area contributed by atoms with Gasteiger partial charge in [0.2, 0.25) is 0 Å². The maximum atomic E-state index is 4.75. The van der Waals surface area contributed by atoms with Crippen LogP contribution in [0.3, 0.4) is 0 Å². The standard InChI is InChI=1S/C27H17N3/c1-2-8-17(9-3-1)30-24-15-14-23-25(22(24)16-28-30)26-20-12-6-4-10-18(20)19-11-5-7-13-21(19)27(26)29-23/h1-16,29H. The second-order valence-corrected chi connectivity index (χ2v) is 7.78. The molecule has 0 aliphatic heterocycles. The lowest BCUT2D eigenvalue weighted by Crippen LogP contribution is -1.94. The highest BCUT2D eigenvalue weighted by molar-refractivity contribution is 6.34. The molecule has 140 valence electrons. The molecule has 0 spiro atoms. The third kappa shape index (κ3) is 1.96. The molecule has 3 nitrogen and oxygen atoms in total. The summed E-state index contributed by atoms with van der Waals surface area (Å²) in [5, 5.41) is 13.5. The first-order valence-corrected chi connectivity index (χ1v) is 10.2. The number of hydrogen-bond donors (Lipinski definition) is 1. The van der Waals surface area contributed by atoms with Crippen molar-refractivity contribution in [1.82, 2.24) is 14.8 Å². The van der Waals surface area contributed by atoms with E-state index in [1.165, 1.54) is 43.2 Å². The summed E-state index contributed by atoms with van der Waals surface area (Å²) < 4.78 is 2.02. The maximum Gasteiger partial charge on any atom is 0.0748 e. The van der Waals surface area contributed by atoms with Gasteiger partial charge in [-0.05, 0) is 40.4 Å². The van der Waals surface area contributed by atoms with E-state index in [1.54, 1.807) is 0 Å². The SMILES string of the molecule is c1ccc(-n2ncc3c4c(ccc32)[nH]c2c3ccccc3c3ccccc3c24)cc1. The van der Waals surface area contributed by atoms with Crippen LogP contribution in [0, 0.1) is 0 Å². The molecule has 0 fully saturated rings. The molecule has 0 saturated heterocycles. The molecule has 0 amide bonds. The van der Waals surface area contributed by atoms with E-state index in [9.17, 15) is 0 Å². The fraction of sp³-hybridized carbons (Fsp3) is 0. The van der Waals surface area contributed by atoms with E-state index < -0.39 is 0 Å². The normalized spacial score (nSPS) is 12.0. The van der Waals surface area contributed by atoms with Gasteiger partial charge in [0.1, 0.15) is 0 Å². The van der Waals surface area contributed by atoms with Crippen molar-refractivity contribution in [2.45, 2.75) is 0 Å². The summed E-state index contributed by atoms with van der Waals surface area (Å²) in [6.07, 6.45) is 2.00. The topological polar surface area (TPSA) is 33.6 Å². The van der Waals surface area contributed by atoms with Crippen molar-refractivity contribution in [2.75, 3.05) is 0 Å². The molecule has 2 heterocycles. The average molecular weight is 383 g/mol. The van der Waals surface area contributed by atoms with Gasteiger partial charge < -0.3 is 4.98 Å². The summed E-state index contributed by atoms with van der Waals surface area (Å²) in [6.45, 7) is 0. The number of hydrogen-bond acceptors (Lipinski definition) is 1. The van der Waals surface area contributed by atoms with Crippen LogP contribution in [0.15, 0.2) is 97.2 Å². The molecule has 30 heavy (non-hydrogen) atoms. The maximum absolute atomic E-state index is 4.75. The number of nitrogens with zero attached hydrogens (tertiary/aromatic N) is 2. The predicted molar refractivity (Wildman–Crippen MR) is 125 cm³/mol. The molecule has 5 aromatic carbocycles. The van der Waals surface area contributed by atoms with E-state index in [1.807, 2.05) is 29.1 Å². The van der Waals surface area contributed by atoms with Crippen LogP contribution in [-0.4, -0.2) is 14.8 Å². The molecule has 0 atom stereocenters. The Morgan fingerprint density at radius 1 is 0.567 bits per heavy atom. The third-order valence-corrected chi connectivity index (χ3v) is 6.20. The average Bonchev–Trinajstić information content (AvgIpc) is 3.41. The van der Waals surface area contributed by atoms with Crippen molar-refractivity contribution in [3.63, 3.8) is 0 Å². The number of aromatic amines is 1. The van der Waals surface area contributed by atoms with Gasteiger partial charge in [-0.3, -0.25) is 0 Å². The largest absolute Gasteiger partial charge is 0.354 e. The number of H-pyrrole nitrogens is 1. The van der Waals surface area contributed by atoms with Crippen LogP contribution < -0.4 is 0 Å². The molecular formula is C27H17N3. The van der Waals surface area contributed by atoms with Crippen LogP contribution >= 0.6 is 0 Å². The lowest BCUT2D eigenvalue weighted by atomic mass is 9.96. The summed E-state index contributed by atoms with van der Waals surface area (Å²) in [4.78, 5) is 3.72. The highest BCUT2D eigenvalue weighted by atomic mass is 15.3. The highest BCUT2D eigenvalue weighted by Crippen LogP contribution is 2.41. The summed E-state index contributed by atoms with van der Waals surface area (Å²) in [5.41, 5.74) is 4.53. The van der Waals surface area contributed by atoms with Crippen molar-refractivity contribution in [1.29, 1.82) is 0 Å². The number of para-hydroxylation sites is 1. The van der Waals surface area contributed by atoms with Gasteiger partial charge >= 0.3 is 0 Å². The predicted octanol–water partition coefficient (Wildman–Crippen LogP) is 6.97. The first-order chi connectivity index (χ1) is 14.9. The minimum Gasteiger partial charge on any atom is -0.354 e. The zero-order valence-electron chi connectivity index (χ0n) is 16.1. The Balaban J connectivity index is 1.73. The molecule has 7 rings (SSSR count). The molecule has 7 aromatic rings. The van der Waals surface area contributed by atoms with Gasteiger partial charge in [-0.1, -0.05) is 66.7 Å². The zero-order chi connectivity index (χ0) is 19.7. The van der Waals surface area contributed by atoms with Gasteiger partial charge in [-0.25, -0.2) is 4.68 Å². The van der Waals surface area contributed by atoms with Gasteiger partial charge in [0, 0.05) is 27.1 Å². The fourth-order valence-electron chi connectivity index (χ4n) is 4.92. The number of fused-ring (bicyclic) bond motifs is 10. The quantitative estimate of drug-likeness (QED) is 0.305. The Kier molecular flexibility index (Phi) is 3.00. The van der Waals surface area contributed by atoms with Gasteiger partial charge in [0.25, 0.3) is 0 Å². The second-order valence-electron chi connectivity index (χ2n) is 7.78. The molecule has 0 saturated carbocycles. The Morgan fingerprint density at radius 3 is 2.03 bits per heavy atom. The van der Waals surface area contributed by atoms with Gasteiger partial charge in [-0.15, -0.1) is 0 Å². The van der Waals surface area contributed by atoms with E-state index >= 15 is 0 Å². The summed E-state index contributed by atoms with van der Waals surface area (Å²) in [7, 11) is 0. The Hall–Kier alpha value is -4.11. The Morgan fingerprint density at radius 2 is 1.23 bits per heavy atom. The summed E-state index contributed by atoms with van der Waals surface area (Å²) >= 11 is 0. The summed E-state index contributed by atoms with van der Waals surface area (Å²) in [5.74, 6) is 0. The van der Waals surface area contributed by atoms with Gasteiger partial charge in [0.15, 0.2) is 0 Å². The van der Waals surface area contributed by atoms with E-state index in [2.05, 4.69) is 77.8 Å². The molecule has 0 aliphatic rings. The van der Waals surface area contributed by atoms with Crippen LogP contribution in [0.5, 0.6) is 0 Å². The molecule has 0 aliphatic carbocycles. The number of nitrogens with one attached hydrogen (secondary N) is 1. The van der Waals surface area contributed by atoms with Crippen LogP contribution in [0.25, 0.3) is 59.9 Å². The van der Waals surface area contributed by atoms with E-state index in [0.29, 0.717) is 0 Å². The van der Waals surface area contributed by atoms with Crippen molar-refractivity contribution in [2.24, 2.45) is 0 Å². The highest BCUT2D eigenvalue weighted by Gasteiger charge is 2.17. The number of aromatic nitrogens is 3. The number of benzene rings is 5. The van der Waals surface area contributed by atoms with E-state index in [0.717, 1.165) is 16.7 Å². The van der Waals surface area contributed by atoms with Crippen molar-refractivity contribution >= 4 is 54.3 Å². The second kappa shape index (κ2) is 5.71. The van der Waals surface area contributed by atoms with Crippen LogP contribution in [-0.2, 0) is 0 Å². The van der Waals surface area contributed by atoms with Gasteiger partial charge in [-0.2, -0.15) is 5.10 Å². The monoisotopic (exact) mass is 383 g/mol. The lowest BCUT2D eigenvalue weighted by Gasteiger charge is -2.07. The molecule has 0 radical (unpaired) electrons. The Bertz CT molecular complexity index is 1740. The third-order valence-electron chi connectivity index (χ3n) is 6.20. The van der Waals surface area contributed by atoms with E-state index in [4.69, 9.17) is 5.10 Å². The number of rotatable bonds is 1. The lowest BCUT2D eigenvalue weighted by molar-refractivity contribution is 0.911. The fourth-order valence-corrected chi connectivity index (χ4v) is 4.92. The minimum absolute atomic E-state index is 1.07. The molecule has 2 aromatic heterocycles. The molecule has 0 unspecified atom stereocenters. The first kappa shape index (κ1) is 15.8.